The third kappa shape index (κ3) is 12.1. The minimum Gasteiger partial charge on any atom is -0.390 e. The van der Waals surface area contributed by atoms with Crippen LogP contribution in [0.4, 0.5) is 13.6 Å². The fourth-order valence-corrected chi connectivity index (χ4v) is 8.79. The van der Waals surface area contributed by atoms with Crippen molar-refractivity contribution in [2.75, 3.05) is 24.6 Å². The number of benzene rings is 2. The predicted octanol–water partition coefficient (Wildman–Crippen LogP) is 3.74. The zero-order valence-corrected chi connectivity index (χ0v) is 30.4. The van der Waals surface area contributed by atoms with Crippen molar-refractivity contribution in [2.24, 2.45) is 5.73 Å². The first-order valence-electron chi connectivity index (χ1n) is 16.9. The van der Waals surface area contributed by atoms with Gasteiger partial charge in [-0.05, 0) is 54.5 Å². The number of rotatable bonds is 20. The highest BCUT2D eigenvalue weighted by Gasteiger charge is 2.36. The number of aliphatic hydroxyl groups is 1. The van der Waals surface area contributed by atoms with Gasteiger partial charge in [-0.3, -0.25) is 24.1 Å². The number of nitrogens with one attached hydrogen (secondary N) is 1. The summed E-state index contributed by atoms with van der Waals surface area (Å²) < 4.78 is 55.2. The Balaban J connectivity index is 1.94. The second-order valence-corrected chi connectivity index (χ2v) is 15.9. The average Bonchev–Trinajstić information content (AvgIpc) is 3.38. The van der Waals surface area contributed by atoms with Gasteiger partial charge in [0.1, 0.15) is 17.7 Å². The molecular formula is C35H48F2N4O7S2. The van der Waals surface area contributed by atoms with E-state index in [4.69, 9.17) is 5.73 Å². The molecule has 0 saturated carbocycles. The predicted molar refractivity (Wildman–Crippen MR) is 189 cm³/mol. The van der Waals surface area contributed by atoms with E-state index in [0.29, 0.717) is 43.7 Å². The Morgan fingerprint density at radius 3 is 2.24 bits per heavy atom. The molecule has 2 aromatic rings. The van der Waals surface area contributed by atoms with Crippen LogP contribution in [-0.4, -0.2) is 94.3 Å². The highest BCUT2D eigenvalue weighted by molar-refractivity contribution is 8.14. The summed E-state index contributed by atoms with van der Waals surface area (Å²) in [4.78, 5) is 53.9. The van der Waals surface area contributed by atoms with Crippen LogP contribution < -0.4 is 11.1 Å². The highest BCUT2D eigenvalue weighted by atomic mass is 32.2. The maximum Gasteiger partial charge on any atom is 0.288 e. The lowest BCUT2D eigenvalue weighted by molar-refractivity contribution is -0.138. The van der Waals surface area contributed by atoms with E-state index in [2.05, 4.69) is 5.32 Å². The maximum absolute atomic E-state index is 14.4. The Labute approximate surface area is 297 Å². The second kappa shape index (κ2) is 19.3. The number of halogens is 2. The number of amides is 4. The summed E-state index contributed by atoms with van der Waals surface area (Å²) in [5.74, 6) is -4.35. The highest BCUT2D eigenvalue weighted by Crippen LogP contribution is 2.21. The monoisotopic (exact) mass is 738 g/mol. The number of imide groups is 1. The molecule has 1 aliphatic heterocycles. The number of carbonyl (C=O) groups is 4. The average molecular weight is 739 g/mol. The Bertz CT molecular complexity index is 1570. The summed E-state index contributed by atoms with van der Waals surface area (Å²) in [6.07, 6.45) is 0.713. The van der Waals surface area contributed by atoms with Crippen molar-refractivity contribution in [3.63, 3.8) is 0 Å². The minimum absolute atomic E-state index is 0.0388. The molecule has 11 nitrogen and oxygen atoms in total. The van der Waals surface area contributed by atoms with Gasteiger partial charge in [-0.15, -0.1) is 0 Å². The van der Waals surface area contributed by atoms with Crippen molar-refractivity contribution in [3.05, 3.63) is 70.8 Å². The second-order valence-electron chi connectivity index (χ2n) is 12.6. The maximum atomic E-state index is 14.4. The summed E-state index contributed by atoms with van der Waals surface area (Å²) in [6.45, 7) is 4.98. The largest absolute Gasteiger partial charge is 0.390 e. The first kappa shape index (κ1) is 41.0. The standard InChI is InChI=1S/C35H48F2N4O7S2/c1-4-8-28(9-5-2)50(47,48)22-30(39-32(43)12-13-41-33(44)21-49-35(41)46)34(45)40(19-24-11-7-10-23(6-3)14-24)20-31(42)29(38)17-25-15-26(36)18-27(37)16-25/h7,10-11,14-16,18,28-31,42H,4-6,8-9,12-13,17,19-22,38H2,1-3H3,(H,39,43)/t29-,30?,31?/m0/s1. The molecule has 2 aromatic carbocycles. The van der Waals surface area contributed by atoms with E-state index in [1.165, 1.54) is 4.90 Å². The van der Waals surface area contributed by atoms with E-state index in [0.717, 1.165) is 34.4 Å². The van der Waals surface area contributed by atoms with E-state index < -0.39 is 73.6 Å². The molecule has 2 unspecified atom stereocenters. The SMILES string of the molecule is CCCC(CCC)S(=O)(=O)CC(NC(=O)CCN1C(=O)CSC1=O)C(=O)N(Cc1cccc(CC)c1)CC(O)[C@@H](N)Cc1cc(F)cc(F)c1. The Morgan fingerprint density at radius 2 is 1.66 bits per heavy atom. The van der Waals surface area contributed by atoms with E-state index in [-0.39, 0.29) is 43.8 Å². The molecule has 0 aromatic heterocycles. The van der Waals surface area contributed by atoms with Gasteiger partial charge >= 0.3 is 0 Å². The van der Waals surface area contributed by atoms with Crippen LogP contribution in [0, 0.1) is 11.6 Å². The summed E-state index contributed by atoms with van der Waals surface area (Å²) in [6, 6.07) is 7.61. The number of carbonyl (C=O) groups excluding carboxylic acids is 4. The minimum atomic E-state index is -3.94. The first-order chi connectivity index (χ1) is 23.7. The molecule has 1 heterocycles. The van der Waals surface area contributed by atoms with Crippen molar-refractivity contribution in [2.45, 2.75) is 95.7 Å². The molecule has 0 spiro atoms. The topological polar surface area (TPSA) is 167 Å². The van der Waals surface area contributed by atoms with Gasteiger partial charge in [-0.25, -0.2) is 17.2 Å². The summed E-state index contributed by atoms with van der Waals surface area (Å²) in [5, 5.41) is 12.5. The summed E-state index contributed by atoms with van der Waals surface area (Å²) in [5.41, 5.74) is 8.11. The first-order valence-corrected chi connectivity index (χ1v) is 19.6. The number of nitrogens with zero attached hydrogens (tertiary/aromatic N) is 2. The molecule has 15 heteroatoms. The van der Waals surface area contributed by atoms with E-state index in [1.54, 1.807) is 12.1 Å². The molecule has 4 N–H and O–H groups in total. The normalized spacial score (nSPS) is 15.3. The number of hydrogen-bond acceptors (Lipinski definition) is 9. The molecule has 1 aliphatic rings. The zero-order valence-electron chi connectivity index (χ0n) is 28.8. The number of thioether (sulfide) groups is 1. The Hall–Kier alpha value is -3.40. The van der Waals surface area contributed by atoms with Gasteiger partial charge in [-0.2, -0.15) is 0 Å². The zero-order chi connectivity index (χ0) is 37.0. The van der Waals surface area contributed by atoms with Crippen molar-refractivity contribution in [1.29, 1.82) is 0 Å². The van der Waals surface area contributed by atoms with Crippen LogP contribution in [0.2, 0.25) is 0 Å². The van der Waals surface area contributed by atoms with Crippen molar-refractivity contribution >= 4 is 44.6 Å². The van der Waals surface area contributed by atoms with Gasteiger partial charge < -0.3 is 21.1 Å². The number of hydrogen-bond donors (Lipinski definition) is 3. The van der Waals surface area contributed by atoms with Crippen LogP contribution in [0.1, 0.15) is 69.6 Å². The lowest BCUT2D eigenvalue weighted by atomic mass is 10.0. The molecular weight excluding hydrogens is 691 g/mol. The lowest BCUT2D eigenvalue weighted by Gasteiger charge is -2.32. The van der Waals surface area contributed by atoms with Gasteiger partial charge in [0, 0.05) is 38.2 Å². The molecule has 1 fully saturated rings. The van der Waals surface area contributed by atoms with Crippen LogP contribution in [0.25, 0.3) is 0 Å². The summed E-state index contributed by atoms with van der Waals surface area (Å²) in [7, 11) is -3.94. The molecule has 50 heavy (non-hydrogen) atoms. The van der Waals surface area contributed by atoms with Crippen LogP contribution in [0.3, 0.4) is 0 Å². The van der Waals surface area contributed by atoms with Gasteiger partial charge in [-0.1, -0.05) is 69.6 Å². The Morgan fingerprint density at radius 1 is 1.02 bits per heavy atom. The number of nitrogens with two attached hydrogens (primary N) is 1. The van der Waals surface area contributed by atoms with E-state index >= 15 is 0 Å². The fourth-order valence-electron chi connectivity index (χ4n) is 5.89. The molecule has 1 saturated heterocycles. The molecule has 4 amide bonds. The molecule has 0 radical (unpaired) electrons. The quantitative estimate of drug-likeness (QED) is 0.183. The molecule has 3 atom stereocenters. The third-order valence-electron chi connectivity index (χ3n) is 8.54. The molecule has 0 bridgehead atoms. The van der Waals surface area contributed by atoms with Gasteiger partial charge in [0.25, 0.3) is 5.24 Å². The molecule has 3 rings (SSSR count). The van der Waals surface area contributed by atoms with Crippen molar-refractivity contribution in [1.82, 2.24) is 15.1 Å². The van der Waals surface area contributed by atoms with E-state index in [1.807, 2.05) is 32.9 Å². The lowest BCUT2D eigenvalue weighted by Crippen LogP contribution is -2.55. The molecule has 276 valence electrons. The van der Waals surface area contributed by atoms with Crippen LogP contribution in [-0.2, 0) is 43.6 Å². The smallest absolute Gasteiger partial charge is 0.288 e. The number of aryl methyl sites for hydroxylation is 1. The van der Waals surface area contributed by atoms with Gasteiger partial charge in [0.05, 0.1) is 22.9 Å². The van der Waals surface area contributed by atoms with Gasteiger partial charge in [0.2, 0.25) is 17.7 Å². The van der Waals surface area contributed by atoms with Crippen molar-refractivity contribution < 1.29 is 41.5 Å². The number of sulfone groups is 1. The Kier molecular flexibility index (Phi) is 15.8. The number of aliphatic hydroxyl groups excluding tert-OH is 1. The molecule has 0 aliphatic carbocycles. The van der Waals surface area contributed by atoms with E-state index in [9.17, 15) is 41.5 Å². The van der Waals surface area contributed by atoms with Crippen LogP contribution in [0.15, 0.2) is 42.5 Å². The van der Waals surface area contributed by atoms with Crippen LogP contribution in [0.5, 0.6) is 0 Å². The summed E-state index contributed by atoms with van der Waals surface area (Å²) >= 11 is 0.816. The third-order valence-corrected chi connectivity index (χ3v) is 11.7. The van der Waals surface area contributed by atoms with Crippen molar-refractivity contribution in [3.8, 4) is 0 Å². The van der Waals surface area contributed by atoms with Gasteiger partial charge in [0.15, 0.2) is 9.84 Å². The van der Waals surface area contributed by atoms with Crippen LogP contribution >= 0.6 is 11.8 Å². The fraction of sp³-hybridized carbons (Fsp3) is 0.543.